The quantitative estimate of drug-likeness (QED) is 0.209. The Balaban J connectivity index is 3.20. The van der Waals surface area contributed by atoms with E-state index >= 15 is 0 Å². The fourth-order valence-corrected chi connectivity index (χ4v) is 3.67. The summed E-state index contributed by atoms with van der Waals surface area (Å²) >= 11 is 0. The molecule has 0 aromatic heterocycles. The van der Waals surface area contributed by atoms with Gasteiger partial charge in [0.05, 0.1) is 0 Å². The molecule has 8 nitrogen and oxygen atoms in total. The van der Waals surface area contributed by atoms with Crippen LogP contribution in [-0.2, 0) is 18.3 Å². The lowest BCUT2D eigenvalue weighted by Crippen LogP contribution is -2.25. The van der Waals surface area contributed by atoms with Crippen LogP contribution < -0.4 is 10.6 Å². The van der Waals surface area contributed by atoms with Gasteiger partial charge in [0.15, 0.2) is 0 Å². The van der Waals surface area contributed by atoms with Crippen LogP contribution >= 0.6 is 21.6 Å². The first kappa shape index (κ1) is 19.4. The van der Waals surface area contributed by atoms with E-state index in [4.69, 9.17) is 9.11 Å². The van der Waals surface area contributed by atoms with Crippen LogP contribution in [0.1, 0.15) is 6.42 Å². The number of rotatable bonds is 12. The first-order chi connectivity index (χ1) is 8.71. The lowest BCUT2D eigenvalue weighted by atomic mass is 10.4. The van der Waals surface area contributed by atoms with E-state index in [0.717, 1.165) is 6.42 Å². The van der Waals surface area contributed by atoms with Crippen LogP contribution in [-0.4, -0.2) is 63.6 Å². The first-order valence-corrected chi connectivity index (χ1v) is 11.2. The molecule has 19 heavy (non-hydrogen) atoms. The Morgan fingerprint density at radius 3 is 1.42 bits per heavy atom. The van der Waals surface area contributed by atoms with Gasteiger partial charge in [-0.2, -0.15) is 16.8 Å². The fourth-order valence-electron chi connectivity index (χ4n) is 1.03. The molecule has 0 saturated heterocycles. The van der Waals surface area contributed by atoms with Crippen molar-refractivity contribution < 1.29 is 25.9 Å². The van der Waals surface area contributed by atoms with E-state index in [2.05, 4.69) is 10.6 Å². The monoisotopic (exact) mass is 354 g/mol. The molecule has 0 aliphatic heterocycles. The van der Waals surface area contributed by atoms with Crippen molar-refractivity contribution in [1.29, 1.82) is 0 Å². The zero-order valence-electron chi connectivity index (χ0n) is 10.1. The highest BCUT2D eigenvalue weighted by Gasteiger charge is 2.04. The van der Waals surface area contributed by atoms with Crippen molar-refractivity contribution in [3.8, 4) is 0 Å². The second-order valence-electron chi connectivity index (χ2n) is 3.35. The van der Waals surface area contributed by atoms with Gasteiger partial charge in [0.2, 0.25) is 0 Å². The van der Waals surface area contributed by atoms with Crippen molar-refractivity contribution in [3.05, 3.63) is 0 Å². The molecule has 0 atom stereocenters. The highest BCUT2D eigenvalue weighted by Crippen LogP contribution is 2.07. The van der Waals surface area contributed by atoms with Gasteiger partial charge in [-0.3, -0.25) is 9.11 Å². The highest BCUT2D eigenvalue weighted by molar-refractivity contribution is 8.70. The highest BCUT2D eigenvalue weighted by atomic mass is 33.2. The van der Waals surface area contributed by atoms with Crippen molar-refractivity contribution in [2.45, 2.75) is 6.42 Å². The molecular weight excluding hydrogens is 336 g/mol. The lowest BCUT2D eigenvalue weighted by molar-refractivity contribution is 0.500. The molecule has 0 bridgehead atoms. The summed E-state index contributed by atoms with van der Waals surface area (Å²) in [7, 11) is -6.95. The Morgan fingerprint density at radius 2 is 1.11 bits per heavy atom. The van der Waals surface area contributed by atoms with Gasteiger partial charge in [0, 0.05) is 24.6 Å². The van der Waals surface area contributed by atoms with E-state index in [1.807, 2.05) is 0 Å². The van der Waals surface area contributed by atoms with Crippen molar-refractivity contribution in [3.63, 3.8) is 0 Å². The standard InChI is InChI=1S/C7H18N2O6S4/c10-18(11,12)16-6-4-8-2-1-3-9-5-7-17-19(13,14)15/h8-9H,1-7H2,(H,10,11,12)(H,13,14,15). The molecule has 0 aliphatic rings. The van der Waals surface area contributed by atoms with E-state index in [1.54, 1.807) is 0 Å². The number of hydrogen-bond donors (Lipinski definition) is 4. The predicted octanol–water partition coefficient (Wildman–Crippen LogP) is -0.372. The van der Waals surface area contributed by atoms with Crippen LogP contribution in [0.25, 0.3) is 0 Å². The van der Waals surface area contributed by atoms with Crippen LogP contribution in [0.15, 0.2) is 0 Å². The predicted molar refractivity (Wildman–Crippen MR) is 78.4 cm³/mol. The van der Waals surface area contributed by atoms with E-state index in [1.165, 1.54) is 0 Å². The minimum Gasteiger partial charge on any atom is -0.316 e. The number of nitrogens with one attached hydrogen (secondary N) is 2. The van der Waals surface area contributed by atoms with Crippen LogP contribution in [0.2, 0.25) is 0 Å². The van der Waals surface area contributed by atoms with Gasteiger partial charge in [-0.05, 0) is 41.1 Å². The average Bonchev–Trinajstić information content (AvgIpc) is 2.22. The van der Waals surface area contributed by atoms with E-state index in [-0.39, 0.29) is 11.5 Å². The van der Waals surface area contributed by atoms with E-state index in [0.29, 0.717) is 47.8 Å². The molecule has 116 valence electrons. The van der Waals surface area contributed by atoms with Gasteiger partial charge >= 0.3 is 18.3 Å². The third kappa shape index (κ3) is 18.4. The third-order valence-electron chi connectivity index (χ3n) is 1.73. The smallest absolute Gasteiger partial charge is 0.316 e. The molecule has 0 rings (SSSR count). The summed E-state index contributed by atoms with van der Waals surface area (Å²) in [6, 6.07) is 0. The van der Waals surface area contributed by atoms with Gasteiger partial charge in [-0.1, -0.05) is 0 Å². The Morgan fingerprint density at radius 1 is 0.737 bits per heavy atom. The van der Waals surface area contributed by atoms with Crippen molar-refractivity contribution in [1.82, 2.24) is 10.6 Å². The SMILES string of the molecule is O=S(=O)(O)SCCNCCCNCCSS(=O)(=O)O. The molecule has 0 aromatic carbocycles. The molecule has 0 amide bonds. The topological polar surface area (TPSA) is 133 Å². The first-order valence-electron chi connectivity index (χ1n) is 5.36. The Labute approximate surface area is 120 Å². The fraction of sp³-hybridized carbons (Fsp3) is 1.00. The van der Waals surface area contributed by atoms with Gasteiger partial charge in [-0.15, -0.1) is 0 Å². The summed E-state index contributed by atoms with van der Waals surface area (Å²) in [6.07, 6.45) is 0.799. The Bertz CT molecular complexity index is 383. The largest absolute Gasteiger partial charge is 0.319 e. The summed E-state index contributed by atoms with van der Waals surface area (Å²) in [5, 5.41) is 5.99. The van der Waals surface area contributed by atoms with Crippen molar-refractivity contribution in [2.24, 2.45) is 0 Å². The van der Waals surface area contributed by atoms with Crippen molar-refractivity contribution >= 4 is 39.9 Å². The Kier molecular flexibility index (Phi) is 10.4. The summed E-state index contributed by atoms with van der Waals surface area (Å²) in [6.45, 7) is 2.32. The Hall–Kier alpha value is 0.440. The maximum absolute atomic E-state index is 10.4. The van der Waals surface area contributed by atoms with Gasteiger partial charge in [0.25, 0.3) is 0 Å². The number of hydrogen-bond acceptors (Lipinski definition) is 8. The molecular formula is C7H18N2O6S4. The maximum atomic E-state index is 10.4. The molecule has 0 unspecified atom stereocenters. The zero-order chi connectivity index (χ0) is 14.8. The van der Waals surface area contributed by atoms with Crippen LogP contribution in [0.3, 0.4) is 0 Å². The molecule has 0 saturated carbocycles. The minimum absolute atomic E-state index is 0.275. The van der Waals surface area contributed by atoms with Gasteiger partial charge < -0.3 is 10.6 Å². The molecule has 0 aliphatic carbocycles. The maximum Gasteiger partial charge on any atom is 0.319 e. The average molecular weight is 354 g/mol. The van der Waals surface area contributed by atoms with Gasteiger partial charge in [-0.25, -0.2) is 0 Å². The van der Waals surface area contributed by atoms with E-state index < -0.39 is 18.3 Å². The van der Waals surface area contributed by atoms with Crippen LogP contribution in [0.4, 0.5) is 0 Å². The normalized spacial score (nSPS) is 12.7. The summed E-state index contributed by atoms with van der Waals surface area (Å²) in [4.78, 5) is 0. The molecule has 0 heterocycles. The summed E-state index contributed by atoms with van der Waals surface area (Å²) in [5.74, 6) is 0.550. The molecule has 0 radical (unpaired) electrons. The third-order valence-corrected chi connectivity index (χ3v) is 5.85. The van der Waals surface area contributed by atoms with Crippen molar-refractivity contribution in [2.75, 3.05) is 37.7 Å². The second-order valence-corrected chi connectivity index (χ2v) is 10.3. The van der Waals surface area contributed by atoms with Crippen LogP contribution in [0, 0.1) is 0 Å². The second kappa shape index (κ2) is 10.2. The summed E-state index contributed by atoms with van der Waals surface area (Å²) in [5.41, 5.74) is 0. The van der Waals surface area contributed by atoms with Gasteiger partial charge in [0.1, 0.15) is 0 Å². The lowest BCUT2D eigenvalue weighted by Gasteiger charge is -2.05. The minimum atomic E-state index is -3.95. The molecule has 0 aromatic rings. The molecule has 12 heteroatoms. The zero-order valence-corrected chi connectivity index (χ0v) is 13.4. The summed E-state index contributed by atoms with van der Waals surface area (Å²) < 4.78 is 58.3. The van der Waals surface area contributed by atoms with Crippen LogP contribution in [0.5, 0.6) is 0 Å². The molecule has 4 N–H and O–H groups in total. The molecule has 0 spiro atoms. The molecule has 0 fully saturated rings. The van der Waals surface area contributed by atoms with E-state index in [9.17, 15) is 16.8 Å².